The van der Waals surface area contributed by atoms with Crippen LogP contribution in [-0.2, 0) is 9.53 Å². The number of carbonyl (C=O) groups excluding carboxylic acids is 2. The third-order valence-corrected chi connectivity index (χ3v) is 2.86. The van der Waals surface area contributed by atoms with Crippen molar-refractivity contribution >= 4 is 12.0 Å². The highest BCUT2D eigenvalue weighted by atomic mass is 19.1. The molecule has 0 fully saturated rings. The number of rotatable bonds is 4. The van der Waals surface area contributed by atoms with E-state index in [1.165, 1.54) is 13.0 Å². The minimum atomic E-state index is -0.788. The molecular weight excluding hydrogens is 287 g/mol. The molecule has 0 radical (unpaired) electrons. The molecule has 2 amide bonds. The lowest BCUT2D eigenvalue weighted by molar-refractivity contribution is -0.123. The number of amides is 2. The third kappa shape index (κ3) is 5.71. The standard InChI is InChI=1S/C16H23FN2O3/c1-10(12-8-6-7-9-13(12)17)18-14(20)11(2)19-15(21)22-16(3,4)5/h6-11H,1-5H3,(H,18,20)(H,19,21)/t10-,11+/m0/s1. The van der Waals surface area contributed by atoms with Crippen molar-refractivity contribution in [2.24, 2.45) is 0 Å². The number of nitrogens with one attached hydrogen (secondary N) is 2. The van der Waals surface area contributed by atoms with Crippen molar-refractivity contribution in [2.45, 2.75) is 52.3 Å². The van der Waals surface area contributed by atoms with Gasteiger partial charge in [0.25, 0.3) is 0 Å². The van der Waals surface area contributed by atoms with E-state index in [4.69, 9.17) is 4.74 Å². The molecule has 0 unspecified atom stereocenters. The SMILES string of the molecule is C[C@H](NC(=O)[C@@H](C)NC(=O)OC(C)(C)C)c1ccccc1F. The average Bonchev–Trinajstić information content (AvgIpc) is 2.36. The Morgan fingerprint density at radius 1 is 1.14 bits per heavy atom. The van der Waals surface area contributed by atoms with Crippen molar-refractivity contribution in [3.05, 3.63) is 35.6 Å². The molecule has 5 nitrogen and oxygen atoms in total. The molecule has 22 heavy (non-hydrogen) atoms. The summed E-state index contributed by atoms with van der Waals surface area (Å²) in [5.41, 5.74) is -0.249. The van der Waals surface area contributed by atoms with Gasteiger partial charge in [0.2, 0.25) is 5.91 Å². The normalized spacial score (nSPS) is 13.9. The number of carbonyl (C=O) groups is 2. The molecule has 1 rings (SSSR count). The first-order valence-electron chi connectivity index (χ1n) is 7.14. The van der Waals surface area contributed by atoms with Crippen LogP contribution in [0.2, 0.25) is 0 Å². The lowest BCUT2D eigenvalue weighted by Gasteiger charge is -2.23. The summed E-state index contributed by atoms with van der Waals surface area (Å²) in [6, 6.07) is 4.93. The summed E-state index contributed by atoms with van der Waals surface area (Å²) in [6.07, 6.45) is -0.673. The predicted molar refractivity (Wildman–Crippen MR) is 81.8 cm³/mol. The summed E-state index contributed by atoms with van der Waals surface area (Å²) in [5.74, 6) is -0.801. The van der Waals surface area contributed by atoms with Crippen LogP contribution in [0.3, 0.4) is 0 Å². The first kappa shape index (κ1) is 17.9. The van der Waals surface area contributed by atoms with Gasteiger partial charge in [-0.05, 0) is 40.7 Å². The fourth-order valence-corrected chi connectivity index (χ4v) is 1.79. The molecule has 0 aliphatic carbocycles. The van der Waals surface area contributed by atoms with E-state index in [0.29, 0.717) is 5.56 Å². The summed E-state index contributed by atoms with van der Waals surface area (Å²) in [4.78, 5) is 23.6. The van der Waals surface area contributed by atoms with Gasteiger partial charge in [0.15, 0.2) is 0 Å². The van der Waals surface area contributed by atoms with Crippen molar-refractivity contribution in [1.82, 2.24) is 10.6 Å². The number of hydrogen-bond acceptors (Lipinski definition) is 3. The second-order valence-corrected chi connectivity index (χ2v) is 6.12. The zero-order valence-electron chi connectivity index (χ0n) is 13.6. The maximum Gasteiger partial charge on any atom is 0.408 e. The van der Waals surface area contributed by atoms with E-state index in [9.17, 15) is 14.0 Å². The van der Waals surface area contributed by atoms with E-state index in [2.05, 4.69) is 10.6 Å². The minimum Gasteiger partial charge on any atom is -0.444 e. The first-order valence-corrected chi connectivity index (χ1v) is 7.14. The van der Waals surface area contributed by atoms with Crippen LogP contribution in [0.15, 0.2) is 24.3 Å². The predicted octanol–water partition coefficient (Wildman–Crippen LogP) is 2.92. The number of benzene rings is 1. The van der Waals surface area contributed by atoms with Gasteiger partial charge in [0.05, 0.1) is 6.04 Å². The Labute approximate surface area is 130 Å². The second-order valence-electron chi connectivity index (χ2n) is 6.12. The molecule has 1 aromatic carbocycles. The molecule has 0 saturated heterocycles. The molecule has 2 N–H and O–H groups in total. The van der Waals surface area contributed by atoms with Gasteiger partial charge in [-0.15, -0.1) is 0 Å². The first-order chi connectivity index (χ1) is 10.1. The zero-order valence-corrected chi connectivity index (χ0v) is 13.6. The van der Waals surface area contributed by atoms with Crippen LogP contribution in [0.5, 0.6) is 0 Å². The van der Waals surface area contributed by atoms with Gasteiger partial charge >= 0.3 is 6.09 Å². The van der Waals surface area contributed by atoms with Crippen molar-refractivity contribution < 1.29 is 18.7 Å². The number of hydrogen-bond donors (Lipinski definition) is 2. The molecule has 2 atom stereocenters. The van der Waals surface area contributed by atoms with Gasteiger partial charge in [-0.25, -0.2) is 9.18 Å². The van der Waals surface area contributed by atoms with Crippen molar-refractivity contribution in [3.63, 3.8) is 0 Å². The van der Waals surface area contributed by atoms with Crippen LogP contribution in [0.1, 0.15) is 46.2 Å². The van der Waals surface area contributed by atoms with Crippen LogP contribution in [0.25, 0.3) is 0 Å². The van der Waals surface area contributed by atoms with Crippen LogP contribution < -0.4 is 10.6 Å². The highest BCUT2D eigenvalue weighted by Gasteiger charge is 2.22. The Bertz CT molecular complexity index is 540. The largest absolute Gasteiger partial charge is 0.444 e. The number of alkyl carbamates (subject to hydrolysis) is 1. The topological polar surface area (TPSA) is 67.4 Å². The number of halogens is 1. The minimum absolute atomic E-state index is 0.386. The molecule has 0 spiro atoms. The van der Waals surface area contributed by atoms with Crippen LogP contribution in [-0.4, -0.2) is 23.6 Å². The smallest absolute Gasteiger partial charge is 0.408 e. The molecule has 0 heterocycles. The third-order valence-electron chi connectivity index (χ3n) is 2.86. The Hall–Kier alpha value is -2.11. The molecule has 0 saturated carbocycles. The van der Waals surface area contributed by atoms with E-state index in [1.54, 1.807) is 45.9 Å². The van der Waals surface area contributed by atoms with Crippen LogP contribution in [0, 0.1) is 5.82 Å². The highest BCUT2D eigenvalue weighted by molar-refractivity contribution is 5.85. The Morgan fingerprint density at radius 2 is 1.73 bits per heavy atom. The Kier molecular flexibility index (Phi) is 5.91. The quantitative estimate of drug-likeness (QED) is 0.898. The fourth-order valence-electron chi connectivity index (χ4n) is 1.79. The van der Waals surface area contributed by atoms with Gasteiger partial charge in [0.1, 0.15) is 17.5 Å². The highest BCUT2D eigenvalue weighted by Crippen LogP contribution is 2.16. The van der Waals surface area contributed by atoms with Crippen molar-refractivity contribution in [2.75, 3.05) is 0 Å². The average molecular weight is 310 g/mol. The maximum atomic E-state index is 13.6. The summed E-state index contributed by atoms with van der Waals surface area (Å²) >= 11 is 0. The van der Waals surface area contributed by atoms with Gasteiger partial charge < -0.3 is 15.4 Å². The van der Waals surface area contributed by atoms with Crippen molar-refractivity contribution in [1.29, 1.82) is 0 Å². The molecule has 0 bridgehead atoms. The van der Waals surface area contributed by atoms with Gasteiger partial charge in [-0.3, -0.25) is 4.79 Å². The Balaban J connectivity index is 2.57. The second kappa shape index (κ2) is 7.24. The number of ether oxygens (including phenoxy) is 1. The molecule has 0 aromatic heterocycles. The van der Waals surface area contributed by atoms with E-state index in [1.807, 2.05) is 0 Å². The van der Waals surface area contributed by atoms with Gasteiger partial charge in [-0.1, -0.05) is 18.2 Å². The lowest BCUT2D eigenvalue weighted by atomic mass is 10.1. The van der Waals surface area contributed by atoms with Crippen LogP contribution >= 0.6 is 0 Å². The zero-order chi connectivity index (χ0) is 16.9. The van der Waals surface area contributed by atoms with E-state index >= 15 is 0 Å². The fraction of sp³-hybridized carbons (Fsp3) is 0.500. The monoisotopic (exact) mass is 310 g/mol. The maximum absolute atomic E-state index is 13.6. The lowest BCUT2D eigenvalue weighted by Crippen LogP contribution is -2.47. The molecule has 0 aliphatic heterocycles. The summed E-state index contributed by atoms with van der Waals surface area (Å²) in [7, 11) is 0. The summed E-state index contributed by atoms with van der Waals surface area (Å²) in [6.45, 7) is 8.41. The van der Waals surface area contributed by atoms with E-state index in [-0.39, 0.29) is 5.82 Å². The molecule has 6 heteroatoms. The van der Waals surface area contributed by atoms with Gasteiger partial charge in [0, 0.05) is 5.56 Å². The molecule has 122 valence electrons. The molecular formula is C16H23FN2O3. The summed E-state index contributed by atoms with van der Waals surface area (Å²) < 4.78 is 18.7. The molecule has 1 aromatic rings. The van der Waals surface area contributed by atoms with Gasteiger partial charge in [-0.2, -0.15) is 0 Å². The van der Waals surface area contributed by atoms with E-state index in [0.717, 1.165) is 0 Å². The summed E-state index contributed by atoms with van der Waals surface area (Å²) in [5, 5.41) is 5.10. The van der Waals surface area contributed by atoms with Crippen molar-refractivity contribution in [3.8, 4) is 0 Å². The molecule has 0 aliphatic rings. The Morgan fingerprint density at radius 3 is 2.27 bits per heavy atom. The van der Waals surface area contributed by atoms with Crippen LogP contribution in [0.4, 0.5) is 9.18 Å². The van der Waals surface area contributed by atoms with E-state index < -0.39 is 29.7 Å².